The van der Waals surface area contributed by atoms with Gasteiger partial charge in [0, 0.05) is 20.8 Å². The summed E-state index contributed by atoms with van der Waals surface area (Å²) in [6, 6.07) is -4.31. The summed E-state index contributed by atoms with van der Waals surface area (Å²) in [7, 11) is 0. The summed E-state index contributed by atoms with van der Waals surface area (Å²) in [6.07, 6.45) is -19.0. The normalized spacial score (nSPS) is 43.5. The minimum absolute atomic E-state index is 0.628. The van der Waals surface area contributed by atoms with Gasteiger partial charge in [0.05, 0.1) is 19.8 Å². The van der Waals surface area contributed by atoms with Gasteiger partial charge in [-0.25, -0.2) is 0 Å². The van der Waals surface area contributed by atoms with Crippen molar-refractivity contribution in [2.24, 2.45) is 0 Å². The highest BCUT2D eigenvalue weighted by Crippen LogP contribution is 2.32. The van der Waals surface area contributed by atoms with Crippen molar-refractivity contribution < 1.29 is 78.9 Å². The first-order valence-electron chi connectivity index (χ1n) is 13.5. The standard InChI is InChI=1S/C24H41N3O16/c1-7(31)25-13-18(36)20(11(5-29)39-22(13)38)42-24-15(27-9(3)33)19(37)21(12(6-30)41-24)43-23-14(26-8(2)32)17(35)16(34)10(4-28)40-23/h10-24,28-30,34-38H,4-6H2,1-3H3,(H,25,31)(H,26,32)(H,27,33)/t10?,11?,12?,13?,14?,15?,16-,17?,18?,19?,20-,21-,22-,23+,24+/m1/s1/i7+1,8+1,9+1. The lowest BCUT2D eigenvalue weighted by atomic mass is 9.94. The van der Waals surface area contributed by atoms with Crippen molar-refractivity contribution in [1.82, 2.24) is 16.0 Å². The summed E-state index contributed by atoms with van der Waals surface area (Å²) in [5.41, 5.74) is 0. The molecule has 248 valence electrons. The van der Waals surface area contributed by atoms with Gasteiger partial charge in [-0.3, -0.25) is 14.4 Å². The first-order valence-corrected chi connectivity index (χ1v) is 13.5. The van der Waals surface area contributed by atoms with Gasteiger partial charge >= 0.3 is 0 Å². The molecule has 0 spiro atoms. The van der Waals surface area contributed by atoms with Gasteiger partial charge in [-0.05, 0) is 0 Å². The third-order valence-electron chi connectivity index (χ3n) is 7.30. The molecule has 3 heterocycles. The molecule has 0 saturated carbocycles. The summed E-state index contributed by atoms with van der Waals surface area (Å²) >= 11 is 0. The van der Waals surface area contributed by atoms with Gasteiger partial charge in [0.25, 0.3) is 0 Å². The average molecular weight is 631 g/mol. The van der Waals surface area contributed by atoms with Crippen LogP contribution in [0.2, 0.25) is 0 Å². The van der Waals surface area contributed by atoms with Crippen LogP contribution in [-0.4, -0.2) is 170 Å². The first-order chi connectivity index (χ1) is 20.2. The molecule has 19 nitrogen and oxygen atoms in total. The lowest BCUT2D eigenvalue weighted by Crippen LogP contribution is -2.71. The third kappa shape index (κ3) is 8.14. The van der Waals surface area contributed by atoms with E-state index in [-0.39, 0.29) is 0 Å². The van der Waals surface area contributed by atoms with Crippen molar-refractivity contribution in [2.75, 3.05) is 19.8 Å². The molecule has 0 bridgehead atoms. The zero-order valence-electron chi connectivity index (χ0n) is 23.6. The molecule has 3 aliphatic rings. The fourth-order valence-electron chi connectivity index (χ4n) is 5.28. The Kier molecular flexibility index (Phi) is 12.5. The molecular weight excluding hydrogens is 589 g/mol. The second-order valence-corrected chi connectivity index (χ2v) is 10.5. The zero-order valence-corrected chi connectivity index (χ0v) is 23.6. The van der Waals surface area contributed by atoms with Crippen molar-refractivity contribution in [2.45, 2.75) is 113 Å². The molecule has 3 fully saturated rings. The SMILES string of the molecule is C[13C](=O)NC1C(O)[C@H](O)C(CO)O[C@H]1O[C@@H]1C(CO)O[C@@H](O[C@@H]2C(CO)O[C@@H](O)C(N[13C](C)=O)C2O)C(N[13C](C)=O)C1O. The molecule has 0 aliphatic carbocycles. The van der Waals surface area contributed by atoms with Gasteiger partial charge in [0.15, 0.2) is 18.9 Å². The highest BCUT2D eigenvalue weighted by molar-refractivity contribution is 5.74. The van der Waals surface area contributed by atoms with E-state index < -0.39 is 129 Å². The van der Waals surface area contributed by atoms with Crippen molar-refractivity contribution >= 4 is 17.7 Å². The Morgan fingerprint density at radius 1 is 0.558 bits per heavy atom. The van der Waals surface area contributed by atoms with Crippen LogP contribution in [-0.2, 0) is 38.1 Å². The molecule has 3 saturated heterocycles. The van der Waals surface area contributed by atoms with Crippen LogP contribution in [0.3, 0.4) is 0 Å². The van der Waals surface area contributed by atoms with Crippen LogP contribution in [0.5, 0.6) is 0 Å². The fourth-order valence-corrected chi connectivity index (χ4v) is 5.28. The number of nitrogens with one attached hydrogen (secondary N) is 3. The predicted molar refractivity (Wildman–Crippen MR) is 136 cm³/mol. The van der Waals surface area contributed by atoms with Crippen LogP contribution < -0.4 is 16.0 Å². The Morgan fingerprint density at radius 3 is 1.37 bits per heavy atom. The predicted octanol–water partition coefficient (Wildman–Crippen LogP) is -7.14. The molecule has 3 rings (SSSR count). The van der Waals surface area contributed by atoms with Gasteiger partial charge in [-0.15, -0.1) is 0 Å². The van der Waals surface area contributed by atoms with E-state index in [1.54, 1.807) is 0 Å². The highest BCUT2D eigenvalue weighted by Gasteiger charge is 2.54. The summed E-state index contributed by atoms with van der Waals surface area (Å²) < 4.78 is 28.3. The van der Waals surface area contributed by atoms with E-state index in [1.807, 2.05) is 0 Å². The maximum Gasteiger partial charge on any atom is 0.217 e. The topological polar surface area (TPSA) is 295 Å². The molecule has 0 aromatic heterocycles. The number of ether oxygens (including phenoxy) is 5. The Hall–Kier alpha value is -2.11. The van der Waals surface area contributed by atoms with E-state index >= 15 is 0 Å². The number of carbonyl (C=O) groups excluding carboxylic acids is 3. The monoisotopic (exact) mass is 630 g/mol. The molecule has 19 heteroatoms. The van der Waals surface area contributed by atoms with Crippen LogP contribution in [0, 0.1) is 0 Å². The summed E-state index contributed by atoms with van der Waals surface area (Å²) in [4.78, 5) is 35.5. The van der Waals surface area contributed by atoms with Crippen molar-refractivity contribution in [1.29, 1.82) is 0 Å². The summed E-state index contributed by atoms with van der Waals surface area (Å²) in [5.74, 6) is -1.96. The molecular formula is C24H41N3O16. The van der Waals surface area contributed by atoms with E-state index in [4.69, 9.17) is 23.7 Å². The van der Waals surface area contributed by atoms with Gasteiger partial charge in [0.2, 0.25) is 17.7 Å². The lowest BCUT2D eigenvalue weighted by Gasteiger charge is -2.49. The zero-order chi connectivity index (χ0) is 32.2. The van der Waals surface area contributed by atoms with Crippen LogP contribution in [0.4, 0.5) is 0 Å². The quantitative estimate of drug-likeness (QED) is 0.0999. The minimum Gasteiger partial charge on any atom is -0.394 e. The van der Waals surface area contributed by atoms with Gasteiger partial charge in [0.1, 0.15) is 73.1 Å². The molecule has 3 amide bonds. The number of rotatable bonds is 10. The summed E-state index contributed by atoms with van der Waals surface area (Å²) in [6.45, 7) is 0.995. The van der Waals surface area contributed by atoms with Gasteiger partial charge < -0.3 is 80.5 Å². The number of amides is 3. The molecule has 3 aliphatic heterocycles. The molecule has 15 atom stereocenters. The second kappa shape index (κ2) is 15.3. The number of carbonyl (C=O) groups is 3. The summed E-state index contributed by atoms with van der Waals surface area (Å²) in [5, 5.41) is 90.0. The largest absolute Gasteiger partial charge is 0.394 e. The molecule has 9 unspecified atom stereocenters. The number of aliphatic hydroxyl groups excluding tert-OH is 8. The molecule has 0 radical (unpaired) electrons. The van der Waals surface area contributed by atoms with Crippen molar-refractivity contribution in [3.63, 3.8) is 0 Å². The van der Waals surface area contributed by atoms with Crippen LogP contribution in [0.25, 0.3) is 0 Å². The molecule has 11 N–H and O–H groups in total. The van der Waals surface area contributed by atoms with Crippen LogP contribution in [0.15, 0.2) is 0 Å². The second-order valence-electron chi connectivity index (χ2n) is 10.5. The molecule has 0 aromatic rings. The van der Waals surface area contributed by atoms with E-state index in [2.05, 4.69) is 16.0 Å². The molecule has 43 heavy (non-hydrogen) atoms. The number of aliphatic hydroxyl groups is 8. The maximum absolute atomic E-state index is 12.1. The minimum atomic E-state index is -1.77. The van der Waals surface area contributed by atoms with Crippen molar-refractivity contribution in [3.05, 3.63) is 0 Å². The lowest BCUT2D eigenvalue weighted by molar-refractivity contribution is -0.351. The van der Waals surface area contributed by atoms with Crippen LogP contribution >= 0.6 is 0 Å². The Bertz CT molecular complexity index is 962. The van der Waals surface area contributed by atoms with E-state index in [1.165, 1.54) is 0 Å². The first kappa shape index (κ1) is 35.4. The van der Waals surface area contributed by atoms with Gasteiger partial charge in [-0.1, -0.05) is 0 Å². The Morgan fingerprint density at radius 2 is 0.930 bits per heavy atom. The maximum atomic E-state index is 12.1. The highest BCUT2D eigenvalue weighted by atomic mass is 16.7. The van der Waals surface area contributed by atoms with Crippen molar-refractivity contribution in [3.8, 4) is 0 Å². The fraction of sp³-hybridized carbons (Fsp3) is 0.875. The van der Waals surface area contributed by atoms with E-state index in [0.29, 0.717) is 0 Å². The number of hydrogen-bond donors (Lipinski definition) is 11. The molecule has 0 aromatic carbocycles. The van der Waals surface area contributed by atoms with E-state index in [9.17, 15) is 55.2 Å². The van der Waals surface area contributed by atoms with Crippen LogP contribution in [0.1, 0.15) is 20.8 Å². The third-order valence-corrected chi connectivity index (χ3v) is 7.30. The smallest absolute Gasteiger partial charge is 0.217 e. The van der Waals surface area contributed by atoms with E-state index in [0.717, 1.165) is 20.8 Å². The Balaban J connectivity index is 1.89. The van der Waals surface area contributed by atoms with Gasteiger partial charge in [-0.2, -0.15) is 0 Å². The number of hydrogen-bond acceptors (Lipinski definition) is 16. The Labute approximate surface area is 245 Å². The average Bonchev–Trinajstić information content (AvgIpc) is 2.94.